The van der Waals surface area contributed by atoms with E-state index in [9.17, 15) is 14.7 Å². The quantitative estimate of drug-likeness (QED) is 0.753. The van der Waals surface area contributed by atoms with E-state index < -0.39 is 5.97 Å². The van der Waals surface area contributed by atoms with Crippen molar-refractivity contribution in [2.75, 3.05) is 24.6 Å². The van der Waals surface area contributed by atoms with Gasteiger partial charge in [-0.25, -0.2) is 9.78 Å². The normalized spacial score (nSPS) is 29.4. The third-order valence-corrected chi connectivity index (χ3v) is 6.41. The van der Waals surface area contributed by atoms with Gasteiger partial charge in [-0.1, -0.05) is 11.6 Å². The molecule has 4 rings (SSSR count). The Hall–Kier alpha value is -1.86. The topological polar surface area (TPSA) is 91.8 Å². The second-order valence-electron chi connectivity index (χ2n) is 8.32. The summed E-state index contributed by atoms with van der Waals surface area (Å²) in [7, 11) is 0. The Bertz CT molecular complexity index is 770. The minimum absolute atomic E-state index is 0.0243. The SMILES string of the molecule is CC(=O)N[C@@H]1C[C@@H]2CN(c3ccc(Cl)c(C(=O)O)n3)C[C@@H]2C[C@H]1OCC1CC1. The molecule has 2 saturated carbocycles. The van der Waals surface area contributed by atoms with Crippen LogP contribution >= 0.6 is 11.6 Å². The van der Waals surface area contributed by atoms with Gasteiger partial charge in [-0.05, 0) is 55.6 Å². The van der Waals surface area contributed by atoms with Crippen molar-refractivity contribution in [1.82, 2.24) is 10.3 Å². The lowest BCUT2D eigenvalue weighted by atomic mass is 9.77. The summed E-state index contributed by atoms with van der Waals surface area (Å²) in [6.07, 6.45) is 4.29. The number of ether oxygens (including phenoxy) is 1. The summed E-state index contributed by atoms with van der Waals surface area (Å²) < 4.78 is 6.19. The number of amides is 1. The number of pyridine rings is 1. The fourth-order valence-corrected chi connectivity index (χ4v) is 4.69. The van der Waals surface area contributed by atoms with Gasteiger partial charge < -0.3 is 20.1 Å². The van der Waals surface area contributed by atoms with Crippen LogP contribution in [0.1, 0.15) is 43.1 Å². The number of hydrogen-bond donors (Lipinski definition) is 2. The molecule has 3 fully saturated rings. The first-order valence-electron chi connectivity index (χ1n) is 9.94. The minimum atomic E-state index is -1.12. The molecule has 1 aromatic rings. The van der Waals surface area contributed by atoms with Crippen LogP contribution in [-0.2, 0) is 9.53 Å². The van der Waals surface area contributed by atoms with Crippen LogP contribution < -0.4 is 10.2 Å². The molecule has 4 atom stereocenters. The summed E-state index contributed by atoms with van der Waals surface area (Å²) in [4.78, 5) is 29.4. The lowest BCUT2D eigenvalue weighted by molar-refractivity contribution is -0.122. The van der Waals surface area contributed by atoms with Gasteiger partial charge in [0.15, 0.2) is 5.69 Å². The molecule has 0 spiro atoms. The Labute approximate surface area is 169 Å². The zero-order valence-electron chi connectivity index (χ0n) is 15.9. The van der Waals surface area contributed by atoms with Gasteiger partial charge in [0.2, 0.25) is 5.91 Å². The number of rotatable bonds is 6. The number of carboxylic acid groups (broad SMARTS) is 1. The molecule has 2 heterocycles. The van der Waals surface area contributed by atoms with E-state index in [4.69, 9.17) is 16.3 Å². The van der Waals surface area contributed by atoms with Crippen LogP contribution in [-0.4, -0.2) is 53.8 Å². The lowest BCUT2D eigenvalue weighted by Crippen LogP contribution is -2.50. The van der Waals surface area contributed by atoms with Gasteiger partial charge in [0.05, 0.1) is 17.2 Å². The fraction of sp³-hybridized carbons (Fsp3) is 0.650. The number of carbonyl (C=O) groups excluding carboxylic acids is 1. The van der Waals surface area contributed by atoms with Crippen LogP contribution in [0.3, 0.4) is 0 Å². The summed E-state index contributed by atoms with van der Waals surface area (Å²) in [5.74, 6) is 1.04. The third kappa shape index (κ3) is 4.25. The molecule has 0 unspecified atom stereocenters. The van der Waals surface area contributed by atoms with E-state index in [1.807, 2.05) is 0 Å². The average Bonchev–Trinajstić information content (AvgIpc) is 3.37. The maximum Gasteiger partial charge on any atom is 0.356 e. The first-order valence-corrected chi connectivity index (χ1v) is 10.3. The first kappa shape index (κ1) is 19.5. The number of carbonyl (C=O) groups is 2. The number of anilines is 1. The van der Waals surface area contributed by atoms with E-state index in [-0.39, 0.29) is 28.8 Å². The van der Waals surface area contributed by atoms with Gasteiger partial charge in [0.25, 0.3) is 0 Å². The fourth-order valence-electron chi connectivity index (χ4n) is 4.50. The third-order valence-electron chi connectivity index (χ3n) is 6.11. The molecule has 1 aromatic heterocycles. The molecular formula is C20H26ClN3O4. The number of fused-ring (bicyclic) bond motifs is 1. The van der Waals surface area contributed by atoms with E-state index in [0.29, 0.717) is 23.6 Å². The summed E-state index contributed by atoms with van der Waals surface area (Å²) in [5, 5.41) is 12.5. The van der Waals surface area contributed by atoms with Crippen molar-refractivity contribution in [3.8, 4) is 0 Å². The van der Waals surface area contributed by atoms with Crippen molar-refractivity contribution in [3.63, 3.8) is 0 Å². The van der Waals surface area contributed by atoms with E-state index in [2.05, 4.69) is 15.2 Å². The van der Waals surface area contributed by atoms with Crippen LogP contribution in [0.5, 0.6) is 0 Å². The van der Waals surface area contributed by atoms with Gasteiger partial charge >= 0.3 is 5.97 Å². The molecule has 8 heteroatoms. The molecule has 2 aliphatic carbocycles. The molecule has 1 amide bonds. The smallest absolute Gasteiger partial charge is 0.356 e. The Morgan fingerprint density at radius 3 is 2.64 bits per heavy atom. The molecule has 1 aliphatic heterocycles. The van der Waals surface area contributed by atoms with Crippen LogP contribution in [0.25, 0.3) is 0 Å². The maximum absolute atomic E-state index is 11.7. The first-order chi connectivity index (χ1) is 13.4. The number of aromatic nitrogens is 1. The number of aromatic carboxylic acids is 1. The van der Waals surface area contributed by atoms with Crippen molar-refractivity contribution in [3.05, 3.63) is 22.8 Å². The van der Waals surface area contributed by atoms with Crippen LogP contribution in [0.4, 0.5) is 5.82 Å². The Morgan fingerprint density at radius 1 is 1.29 bits per heavy atom. The van der Waals surface area contributed by atoms with E-state index in [0.717, 1.165) is 32.5 Å². The molecule has 0 aromatic carbocycles. The van der Waals surface area contributed by atoms with E-state index in [1.165, 1.54) is 12.8 Å². The number of nitrogens with zero attached hydrogens (tertiary/aromatic N) is 2. The van der Waals surface area contributed by atoms with Crippen LogP contribution in [0, 0.1) is 17.8 Å². The number of carboxylic acids is 1. The highest BCUT2D eigenvalue weighted by Gasteiger charge is 2.44. The van der Waals surface area contributed by atoms with Gasteiger partial charge in [-0.2, -0.15) is 0 Å². The monoisotopic (exact) mass is 407 g/mol. The zero-order valence-corrected chi connectivity index (χ0v) is 16.7. The molecular weight excluding hydrogens is 382 g/mol. The van der Waals surface area contributed by atoms with Crippen molar-refractivity contribution >= 4 is 29.3 Å². The zero-order chi connectivity index (χ0) is 19.8. The largest absolute Gasteiger partial charge is 0.476 e. The highest BCUT2D eigenvalue weighted by Crippen LogP contribution is 2.40. The second-order valence-corrected chi connectivity index (χ2v) is 8.73. The number of halogens is 1. The Kier molecular flexibility index (Phi) is 5.47. The van der Waals surface area contributed by atoms with Crippen molar-refractivity contribution in [2.24, 2.45) is 17.8 Å². The molecule has 7 nitrogen and oxygen atoms in total. The maximum atomic E-state index is 11.7. The van der Waals surface area contributed by atoms with Crippen molar-refractivity contribution in [1.29, 1.82) is 0 Å². The molecule has 2 N–H and O–H groups in total. The van der Waals surface area contributed by atoms with Gasteiger partial charge in [-0.3, -0.25) is 4.79 Å². The van der Waals surface area contributed by atoms with Gasteiger partial charge in [-0.15, -0.1) is 0 Å². The lowest BCUT2D eigenvalue weighted by Gasteiger charge is -2.38. The predicted molar refractivity (Wildman–Crippen MR) is 105 cm³/mol. The molecule has 3 aliphatic rings. The average molecular weight is 408 g/mol. The highest BCUT2D eigenvalue weighted by molar-refractivity contribution is 6.33. The Morgan fingerprint density at radius 2 is 2.00 bits per heavy atom. The molecule has 152 valence electrons. The van der Waals surface area contributed by atoms with Crippen LogP contribution in [0.2, 0.25) is 5.02 Å². The summed E-state index contributed by atoms with van der Waals surface area (Å²) in [6, 6.07) is 3.40. The van der Waals surface area contributed by atoms with E-state index in [1.54, 1.807) is 19.1 Å². The summed E-state index contributed by atoms with van der Waals surface area (Å²) in [5.41, 5.74) is -0.115. The second kappa shape index (κ2) is 7.87. The standard InChI is InChI=1S/C20H26ClN3O4/c1-11(25)22-16-6-13-8-24(18-5-4-15(21)19(23-18)20(26)27)9-14(13)7-17(16)28-10-12-2-3-12/h4-5,12-14,16-17H,2-3,6-10H2,1H3,(H,22,25)(H,26,27)/t13-,14+,16-,17-/m1/s1. The van der Waals surface area contributed by atoms with Crippen molar-refractivity contribution < 1.29 is 19.4 Å². The van der Waals surface area contributed by atoms with Crippen molar-refractivity contribution in [2.45, 2.75) is 44.8 Å². The molecule has 0 radical (unpaired) electrons. The highest BCUT2D eigenvalue weighted by atomic mass is 35.5. The van der Waals surface area contributed by atoms with Gasteiger partial charge in [0.1, 0.15) is 5.82 Å². The van der Waals surface area contributed by atoms with Crippen LogP contribution in [0.15, 0.2) is 12.1 Å². The molecule has 28 heavy (non-hydrogen) atoms. The predicted octanol–water partition coefficient (Wildman–Crippen LogP) is 2.58. The molecule has 0 bridgehead atoms. The summed E-state index contributed by atoms with van der Waals surface area (Å²) in [6.45, 7) is 3.94. The number of hydrogen-bond acceptors (Lipinski definition) is 5. The number of nitrogens with one attached hydrogen (secondary N) is 1. The minimum Gasteiger partial charge on any atom is -0.476 e. The van der Waals surface area contributed by atoms with Gasteiger partial charge in [0, 0.05) is 26.6 Å². The summed E-state index contributed by atoms with van der Waals surface area (Å²) >= 11 is 5.95. The van der Waals surface area contributed by atoms with E-state index >= 15 is 0 Å². The Balaban J connectivity index is 1.47. The molecule has 1 saturated heterocycles.